The van der Waals surface area contributed by atoms with Gasteiger partial charge < -0.3 is 14.7 Å². The van der Waals surface area contributed by atoms with Gasteiger partial charge in [-0.1, -0.05) is 6.07 Å². The van der Waals surface area contributed by atoms with Crippen molar-refractivity contribution in [3.05, 3.63) is 66.7 Å². The summed E-state index contributed by atoms with van der Waals surface area (Å²) in [7, 11) is 2.08. The SMILES string of the molecule is CN(CCc1ccncc1)c1ccnc(N2CCN(c3ccccn3)CC2)n1. The van der Waals surface area contributed by atoms with Crippen molar-refractivity contribution in [2.24, 2.45) is 0 Å². The normalized spacial score (nSPS) is 14.2. The van der Waals surface area contributed by atoms with Gasteiger partial charge in [0.2, 0.25) is 5.95 Å². The highest BCUT2D eigenvalue weighted by Gasteiger charge is 2.20. The molecule has 0 amide bonds. The first-order chi connectivity index (χ1) is 13.8. The van der Waals surface area contributed by atoms with Gasteiger partial charge in [0.25, 0.3) is 0 Å². The van der Waals surface area contributed by atoms with Gasteiger partial charge in [0.05, 0.1) is 0 Å². The van der Waals surface area contributed by atoms with Gasteiger partial charge in [0.15, 0.2) is 0 Å². The molecule has 0 bridgehead atoms. The summed E-state index contributed by atoms with van der Waals surface area (Å²) in [6.45, 7) is 4.51. The lowest BCUT2D eigenvalue weighted by atomic mass is 10.2. The van der Waals surface area contributed by atoms with Crippen molar-refractivity contribution in [1.29, 1.82) is 0 Å². The topological polar surface area (TPSA) is 61.3 Å². The van der Waals surface area contributed by atoms with E-state index in [1.165, 1.54) is 5.56 Å². The lowest BCUT2D eigenvalue weighted by Gasteiger charge is -2.35. The maximum Gasteiger partial charge on any atom is 0.227 e. The van der Waals surface area contributed by atoms with Gasteiger partial charge in [0, 0.05) is 64.6 Å². The van der Waals surface area contributed by atoms with Crippen molar-refractivity contribution < 1.29 is 0 Å². The van der Waals surface area contributed by atoms with Crippen molar-refractivity contribution in [1.82, 2.24) is 19.9 Å². The average molecular weight is 375 g/mol. The van der Waals surface area contributed by atoms with Gasteiger partial charge in [-0.2, -0.15) is 4.98 Å². The van der Waals surface area contributed by atoms with Crippen LogP contribution in [-0.4, -0.2) is 59.7 Å². The quantitative estimate of drug-likeness (QED) is 0.655. The van der Waals surface area contributed by atoms with E-state index < -0.39 is 0 Å². The molecular formula is C21H25N7. The van der Waals surface area contributed by atoms with Crippen LogP contribution in [0.3, 0.4) is 0 Å². The van der Waals surface area contributed by atoms with E-state index in [4.69, 9.17) is 4.98 Å². The zero-order valence-corrected chi connectivity index (χ0v) is 16.1. The van der Waals surface area contributed by atoms with Gasteiger partial charge in [-0.25, -0.2) is 9.97 Å². The van der Waals surface area contributed by atoms with E-state index in [0.29, 0.717) is 0 Å². The number of anilines is 3. The highest BCUT2D eigenvalue weighted by Crippen LogP contribution is 2.18. The molecule has 0 N–H and O–H groups in total. The molecule has 1 fully saturated rings. The molecular weight excluding hydrogens is 350 g/mol. The molecule has 144 valence electrons. The van der Waals surface area contributed by atoms with Crippen LogP contribution in [0.1, 0.15) is 5.56 Å². The Labute approximate surface area is 165 Å². The Morgan fingerprint density at radius 2 is 1.64 bits per heavy atom. The third-order valence-electron chi connectivity index (χ3n) is 5.04. The molecule has 1 saturated heterocycles. The molecule has 0 unspecified atom stereocenters. The standard InChI is InChI=1S/C21H25N7/c1-26(13-8-18-5-10-22-11-6-18)20-7-12-24-21(25-20)28-16-14-27(15-17-28)19-4-2-3-9-23-19/h2-7,9-12H,8,13-17H2,1H3. The summed E-state index contributed by atoms with van der Waals surface area (Å²) in [5.74, 6) is 2.79. The second-order valence-corrected chi connectivity index (χ2v) is 6.90. The zero-order valence-electron chi connectivity index (χ0n) is 16.1. The fourth-order valence-corrected chi connectivity index (χ4v) is 3.34. The monoisotopic (exact) mass is 375 g/mol. The molecule has 7 heteroatoms. The molecule has 3 aromatic rings. The predicted molar refractivity (Wildman–Crippen MR) is 112 cm³/mol. The summed E-state index contributed by atoms with van der Waals surface area (Å²) >= 11 is 0. The Morgan fingerprint density at radius 3 is 2.39 bits per heavy atom. The van der Waals surface area contributed by atoms with Crippen LogP contribution in [-0.2, 0) is 6.42 Å². The minimum absolute atomic E-state index is 0.800. The lowest BCUT2D eigenvalue weighted by Crippen LogP contribution is -2.47. The largest absolute Gasteiger partial charge is 0.359 e. The number of rotatable bonds is 6. The molecule has 1 aliphatic heterocycles. The maximum absolute atomic E-state index is 4.80. The Morgan fingerprint density at radius 1 is 0.857 bits per heavy atom. The Bertz CT molecular complexity index is 864. The zero-order chi connectivity index (χ0) is 19.2. The van der Waals surface area contributed by atoms with E-state index in [0.717, 1.165) is 56.7 Å². The number of aromatic nitrogens is 4. The predicted octanol–water partition coefficient (Wildman–Crippen LogP) is 2.27. The Balaban J connectivity index is 1.36. The smallest absolute Gasteiger partial charge is 0.227 e. The molecule has 0 radical (unpaired) electrons. The van der Waals surface area contributed by atoms with Crippen LogP contribution in [0.25, 0.3) is 0 Å². The first-order valence-electron chi connectivity index (χ1n) is 9.63. The second kappa shape index (κ2) is 8.65. The minimum atomic E-state index is 0.800. The fraction of sp³-hybridized carbons (Fsp3) is 0.333. The lowest BCUT2D eigenvalue weighted by molar-refractivity contribution is 0.634. The number of likely N-dealkylation sites (N-methyl/N-ethyl adjacent to an activating group) is 1. The van der Waals surface area contributed by atoms with Gasteiger partial charge in [-0.05, 0) is 42.3 Å². The molecule has 7 nitrogen and oxygen atoms in total. The molecule has 4 heterocycles. The van der Waals surface area contributed by atoms with Crippen LogP contribution in [0.15, 0.2) is 61.2 Å². The number of nitrogens with zero attached hydrogens (tertiary/aromatic N) is 7. The highest BCUT2D eigenvalue weighted by atomic mass is 15.3. The minimum Gasteiger partial charge on any atom is -0.359 e. The number of pyridine rings is 2. The van der Waals surface area contributed by atoms with Crippen LogP contribution in [0.2, 0.25) is 0 Å². The van der Waals surface area contributed by atoms with Crippen molar-refractivity contribution >= 4 is 17.6 Å². The van der Waals surface area contributed by atoms with Gasteiger partial charge in [-0.15, -0.1) is 0 Å². The van der Waals surface area contributed by atoms with Crippen LogP contribution in [0.4, 0.5) is 17.6 Å². The third-order valence-corrected chi connectivity index (χ3v) is 5.04. The molecule has 0 spiro atoms. The van der Waals surface area contributed by atoms with Crippen molar-refractivity contribution in [2.75, 3.05) is 54.5 Å². The Hall–Kier alpha value is -3.22. The van der Waals surface area contributed by atoms with Gasteiger partial charge in [0.1, 0.15) is 11.6 Å². The molecule has 0 aliphatic carbocycles. The molecule has 28 heavy (non-hydrogen) atoms. The van der Waals surface area contributed by atoms with E-state index in [1.807, 2.05) is 43.0 Å². The summed E-state index contributed by atoms with van der Waals surface area (Å²) in [6.07, 6.45) is 8.33. The van der Waals surface area contributed by atoms with Crippen LogP contribution >= 0.6 is 0 Å². The van der Waals surface area contributed by atoms with Gasteiger partial charge >= 0.3 is 0 Å². The van der Waals surface area contributed by atoms with Crippen LogP contribution in [0.5, 0.6) is 0 Å². The van der Waals surface area contributed by atoms with E-state index in [1.54, 1.807) is 0 Å². The third kappa shape index (κ3) is 4.36. The summed E-state index contributed by atoms with van der Waals surface area (Å²) in [4.78, 5) is 24.6. The first kappa shape index (κ1) is 18.2. The summed E-state index contributed by atoms with van der Waals surface area (Å²) in [5.41, 5.74) is 1.28. The summed E-state index contributed by atoms with van der Waals surface area (Å²) < 4.78 is 0. The van der Waals surface area contributed by atoms with E-state index in [9.17, 15) is 0 Å². The average Bonchev–Trinajstić information content (AvgIpc) is 2.79. The highest BCUT2D eigenvalue weighted by molar-refractivity contribution is 5.46. The molecule has 0 aromatic carbocycles. The first-order valence-corrected chi connectivity index (χ1v) is 9.63. The molecule has 4 rings (SSSR count). The second-order valence-electron chi connectivity index (χ2n) is 6.90. The summed E-state index contributed by atoms with van der Waals surface area (Å²) in [6, 6.07) is 12.1. The van der Waals surface area contributed by atoms with E-state index in [-0.39, 0.29) is 0 Å². The van der Waals surface area contributed by atoms with Crippen molar-refractivity contribution in [2.45, 2.75) is 6.42 Å². The number of hydrogen-bond acceptors (Lipinski definition) is 7. The Kier molecular flexibility index (Phi) is 5.61. The fourth-order valence-electron chi connectivity index (χ4n) is 3.34. The maximum atomic E-state index is 4.80. The summed E-state index contributed by atoms with van der Waals surface area (Å²) in [5, 5.41) is 0. The number of piperazine rings is 1. The molecule has 0 saturated carbocycles. The molecule has 0 atom stereocenters. The molecule has 3 aromatic heterocycles. The number of hydrogen-bond donors (Lipinski definition) is 0. The van der Waals surface area contributed by atoms with Crippen molar-refractivity contribution in [3.8, 4) is 0 Å². The van der Waals surface area contributed by atoms with E-state index >= 15 is 0 Å². The van der Waals surface area contributed by atoms with Crippen LogP contribution in [0, 0.1) is 0 Å². The van der Waals surface area contributed by atoms with E-state index in [2.05, 4.69) is 54.9 Å². The van der Waals surface area contributed by atoms with Crippen LogP contribution < -0.4 is 14.7 Å². The van der Waals surface area contributed by atoms with Gasteiger partial charge in [-0.3, -0.25) is 4.98 Å². The van der Waals surface area contributed by atoms with Crippen molar-refractivity contribution in [3.63, 3.8) is 0 Å². The molecule has 1 aliphatic rings.